The second-order valence-electron chi connectivity index (χ2n) is 6.66. The number of hydrogen-bond donors (Lipinski definition) is 4. The fourth-order valence-corrected chi connectivity index (χ4v) is 2.38. The second kappa shape index (κ2) is 9.10. The summed E-state index contributed by atoms with van der Waals surface area (Å²) in [5.74, 6) is 0.695. The Balaban J connectivity index is 2.44. The first-order chi connectivity index (χ1) is 10.4. The lowest BCUT2D eigenvalue weighted by Gasteiger charge is -2.27. The molecule has 0 aliphatic rings. The van der Waals surface area contributed by atoms with Gasteiger partial charge < -0.3 is 26.4 Å². The molecule has 126 valence electrons. The Labute approximate surface area is 133 Å². The molecule has 0 aliphatic carbocycles. The Kier molecular flexibility index (Phi) is 7.82. The number of nitrogens with two attached hydrogens (primary N) is 2. The second-order valence-corrected chi connectivity index (χ2v) is 6.66. The van der Waals surface area contributed by atoms with Crippen LogP contribution in [0.2, 0.25) is 0 Å². The van der Waals surface area contributed by atoms with Crippen LogP contribution < -0.4 is 16.2 Å². The molecule has 0 aromatic heterocycles. The first kappa shape index (κ1) is 18.9. The molecule has 6 N–H and O–H groups in total. The van der Waals surface area contributed by atoms with Crippen LogP contribution in [0.3, 0.4) is 0 Å². The molecule has 5 heteroatoms. The molecule has 5 nitrogen and oxygen atoms in total. The van der Waals surface area contributed by atoms with E-state index in [0.29, 0.717) is 12.3 Å². The third-order valence-corrected chi connectivity index (χ3v) is 3.78. The first-order valence-electron chi connectivity index (χ1n) is 7.82. The number of ether oxygens (including phenoxy) is 1. The fourth-order valence-electron chi connectivity index (χ4n) is 2.38. The van der Waals surface area contributed by atoms with Crippen LogP contribution in [0.5, 0.6) is 5.75 Å². The van der Waals surface area contributed by atoms with Gasteiger partial charge in [0, 0.05) is 12.6 Å². The van der Waals surface area contributed by atoms with Crippen molar-refractivity contribution in [2.45, 2.75) is 45.3 Å². The van der Waals surface area contributed by atoms with Crippen molar-refractivity contribution < 1.29 is 14.9 Å². The van der Waals surface area contributed by atoms with E-state index in [1.54, 1.807) is 0 Å². The van der Waals surface area contributed by atoms with Gasteiger partial charge in [-0.05, 0) is 42.4 Å². The van der Waals surface area contributed by atoms with Gasteiger partial charge in [-0.2, -0.15) is 0 Å². The molecule has 0 radical (unpaired) electrons. The van der Waals surface area contributed by atoms with Gasteiger partial charge in [-0.3, -0.25) is 0 Å². The van der Waals surface area contributed by atoms with Crippen LogP contribution in [0, 0.1) is 5.41 Å². The van der Waals surface area contributed by atoms with Crippen LogP contribution in [0.15, 0.2) is 24.3 Å². The fraction of sp³-hybridized carbons (Fsp3) is 0.647. The highest BCUT2D eigenvalue weighted by Crippen LogP contribution is 2.28. The van der Waals surface area contributed by atoms with E-state index in [-0.39, 0.29) is 24.7 Å². The Bertz CT molecular complexity index is 420. The highest BCUT2D eigenvalue weighted by atomic mass is 16.5. The molecule has 2 atom stereocenters. The third-order valence-electron chi connectivity index (χ3n) is 3.78. The van der Waals surface area contributed by atoms with Crippen molar-refractivity contribution in [2.75, 3.05) is 19.8 Å². The van der Waals surface area contributed by atoms with E-state index in [1.165, 1.54) is 5.56 Å². The van der Waals surface area contributed by atoms with Gasteiger partial charge in [-0.25, -0.2) is 0 Å². The molecule has 0 fully saturated rings. The van der Waals surface area contributed by atoms with Gasteiger partial charge >= 0.3 is 0 Å². The summed E-state index contributed by atoms with van der Waals surface area (Å²) in [7, 11) is 0. The maximum atomic E-state index is 9.25. The van der Waals surface area contributed by atoms with Gasteiger partial charge in [0.2, 0.25) is 0 Å². The standard InChI is InChI=1S/C17H30N2O3/c1-17(2,9-14(19)10-18)8-7-13-3-5-16(6-4-13)22-12-15(21)11-20/h3-6,14-15,20-21H,7-12,18-19H2,1-2H3. The quantitative estimate of drug-likeness (QED) is 0.517. The summed E-state index contributed by atoms with van der Waals surface area (Å²) in [5.41, 5.74) is 12.9. The van der Waals surface area contributed by atoms with Crippen LogP contribution in [-0.4, -0.2) is 42.1 Å². The minimum absolute atomic E-state index is 0.0590. The van der Waals surface area contributed by atoms with Crippen molar-refractivity contribution in [2.24, 2.45) is 16.9 Å². The van der Waals surface area contributed by atoms with Crippen LogP contribution in [0.25, 0.3) is 0 Å². The monoisotopic (exact) mass is 310 g/mol. The molecule has 0 aliphatic heterocycles. The van der Waals surface area contributed by atoms with Gasteiger partial charge in [0.1, 0.15) is 18.5 Å². The molecule has 22 heavy (non-hydrogen) atoms. The zero-order chi connectivity index (χ0) is 16.6. The Morgan fingerprint density at radius 3 is 2.41 bits per heavy atom. The predicted molar refractivity (Wildman–Crippen MR) is 88.8 cm³/mol. The van der Waals surface area contributed by atoms with Crippen molar-refractivity contribution in [3.63, 3.8) is 0 Å². The molecule has 0 amide bonds. The van der Waals surface area contributed by atoms with Crippen LogP contribution in [0.1, 0.15) is 32.3 Å². The SMILES string of the molecule is CC(C)(CCc1ccc(OCC(O)CO)cc1)CC(N)CN. The largest absolute Gasteiger partial charge is 0.491 e. The summed E-state index contributed by atoms with van der Waals surface area (Å²) in [6.07, 6.45) is 2.10. The Morgan fingerprint density at radius 1 is 1.23 bits per heavy atom. The number of hydrogen-bond acceptors (Lipinski definition) is 5. The minimum atomic E-state index is -0.841. The lowest BCUT2D eigenvalue weighted by molar-refractivity contribution is 0.0536. The molecule has 0 saturated heterocycles. The van der Waals surface area contributed by atoms with Crippen molar-refractivity contribution in [1.82, 2.24) is 0 Å². The molecule has 0 bridgehead atoms. The molecule has 0 saturated carbocycles. The lowest BCUT2D eigenvalue weighted by Crippen LogP contribution is -2.34. The number of aryl methyl sites for hydroxylation is 1. The van der Waals surface area contributed by atoms with E-state index >= 15 is 0 Å². The minimum Gasteiger partial charge on any atom is -0.491 e. The molecule has 2 unspecified atom stereocenters. The third kappa shape index (κ3) is 7.22. The average molecular weight is 310 g/mol. The number of aliphatic hydroxyl groups is 2. The maximum absolute atomic E-state index is 9.25. The topological polar surface area (TPSA) is 102 Å². The first-order valence-corrected chi connectivity index (χ1v) is 7.82. The van der Waals surface area contributed by atoms with Gasteiger partial charge in [-0.1, -0.05) is 26.0 Å². The van der Waals surface area contributed by atoms with E-state index in [4.69, 9.17) is 21.3 Å². The summed E-state index contributed by atoms with van der Waals surface area (Å²) in [6, 6.07) is 7.89. The van der Waals surface area contributed by atoms with Crippen LogP contribution in [-0.2, 0) is 6.42 Å². The predicted octanol–water partition coefficient (Wildman–Crippen LogP) is 1.05. The molecule has 0 spiro atoms. The zero-order valence-corrected chi connectivity index (χ0v) is 13.7. The Morgan fingerprint density at radius 2 is 1.86 bits per heavy atom. The van der Waals surface area contributed by atoms with Crippen molar-refractivity contribution in [1.29, 1.82) is 0 Å². The zero-order valence-electron chi connectivity index (χ0n) is 13.7. The molecule has 1 aromatic carbocycles. The highest BCUT2D eigenvalue weighted by Gasteiger charge is 2.20. The maximum Gasteiger partial charge on any atom is 0.119 e. The Hall–Kier alpha value is -1.14. The van der Waals surface area contributed by atoms with E-state index in [2.05, 4.69) is 13.8 Å². The van der Waals surface area contributed by atoms with E-state index in [9.17, 15) is 5.11 Å². The van der Waals surface area contributed by atoms with Crippen molar-refractivity contribution in [3.8, 4) is 5.75 Å². The van der Waals surface area contributed by atoms with Gasteiger partial charge in [-0.15, -0.1) is 0 Å². The number of benzene rings is 1. The normalized spacial score (nSPS) is 14.6. The molecular formula is C17H30N2O3. The summed E-state index contributed by atoms with van der Waals surface area (Å²) in [6.45, 7) is 4.76. The van der Waals surface area contributed by atoms with Crippen LogP contribution in [0.4, 0.5) is 0 Å². The van der Waals surface area contributed by atoms with Crippen molar-refractivity contribution >= 4 is 0 Å². The molecule has 1 aromatic rings. The average Bonchev–Trinajstić information content (AvgIpc) is 2.51. The van der Waals surface area contributed by atoms with Gasteiger partial charge in [0.15, 0.2) is 0 Å². The summed E-state index contributed by atoms with van der Waals surface area (Å²) < 4.78 is 5.39. The smallest absolute Gasteiger partial charge is 0.119 e. The summed E-state index contributed by atoms with van der Waals surface area (Å²) in [4.78, 5) is 0. The van der Waals surface area contributed by atoms with Gasteiger partial charge in [0.05, 0.1) is 6.61 Å². The number of rotatable bonds is 10. The van der Waals surface area contributed by atoms with E-state index in [0.717, 1.165) is 19.3 Å². The molecule has 0 heterocycles. The highest BCUT2D eigenvalue weighted by molar-refractivity contribution is 5.27. The lowest BCUT2D eigenvalue weighted by atomic mass is 9.80. The van der Waals surface area contributed by atoms with Crippen molar-refractivity contribution in [3.05, 3.63) is 29.8 Å². The van der Waals surface area contributed by atoms with Gasteiger partial charge in [0.25, 0.3) is 0 Å². The summed E-state index contributed by atoms with van der Waals surface area (Å²) in [5, 5.41) is 18.0. The van der Waals surface area contributed by atoms with E-state index in [1.807, 2.05) is 24.3 Å². The summed E-state index contributed by atoms with van der Waals surface area (Å²) >= 11 is 0. The number of aliphatic hydroxyl groups excluding tert-OH is 2. The van der Waals surface area contributed by atoms with E-state index < -0.39 is 6.10 Å². The molecular weight excluding hydrogens is 280 g/mol. The van der Waals surface area contributed by atoms with Crippen LogP contribution >= 0.6 is 0 Å². The molecule has 1 rings (SSSR count).